The Balaban J connectivity index is 2.79. The Hall–Kier alpha value is -1.01. The molecule has 2 N–H and O–H groups in total. The molecule has 14 heavy (non-hydrogen) atoms. The van der Waals surface area contributed by atoms with Crippen LogP contribution >= 0.6 is 12.6 Å². The number of hydrogen-bond acceptors (Lipinski definition) is 4. The van der Waals surface area contributed by atoms with Crippen molar-refractivity contribution in [1.29, 1.82) is 0 Å². The van der Waals surface area contributed by atoms with Gasteiger partial charge in [-0.05, 0) is 11.8 Å². The standard InChI is InChI=1S/C8H11NO4S/c10-5-1-3-9(6(11)2-4-14)7(5)8(12)13/h2,4-5,7,10,14H,1,3H2,(H,12,13)/t5?,7-/m0/s1. The average Bonchev–Trinajstić information content (AvgIpc) is 2.47. The highest BCUT2D eigenvalue weighted by molar-refractivity contribution is 7.83. The lowest BCUT2D eigenvalue weighted by Crippen LogP contribution is -2.44. The van der Waals surface area contributed by atoms with Crippen molar-refractivity contribution in [3.05, 3.63) is 11.5 Å². The molecule has 0 bridgehead atoms. The second-order valence-electron chi connectivity index (χ2n) is 2.99. The molecule has 1 amide bonds. The van der Waals surface area contributed by atoms with Crippen LogP contribution in [0.2, 0.25) is 0 Å². The summed E-state index contributed by atoms with van der Waals surface area (Å²) in [5, 5.41) is 19.3. The number of aliphatic hydroxyl groups is 1. The Morgan fingerprint density at radius 3 is 2.64 bits per heavy atom. The Labute approximate surface area is 86.4 Å². The second-order valence-corrected chi connectivity index (χ2v) is 3.28. The summed E-state index contributed by atoms with van der Waals surface area (Å²) >= 11 is 3.72. The van der Waals surface area contributed by atoms with E-state index in [9.17, 15) is 14.7 Å². The highest BCUT2D eigenvalue weighted by Crippen LogP contribution is 2.18. The minimum atomic E-state index is -1.18. The third-order valence-corrected chi connectivity index (χ3v) is 2.27. The van der Waals surface area contributed by atoms with Gasteiger partial charge in [0.15, 0.2) is 6.04 Å². The van der Waals surface area contributed by atoms with E-state index in [0.29, 0.717) is 6.42 Å². The fourth-order valence-electron chi connectivity index (χ4n) is 1.48. The number of hydrogen-bond donors (Lipinski definition) is 3. The van der Waals surface area contributed by atoms with Gasteiger partial charge in [0.05, 0.1) is 6.10 Å². The smallest absolute Gasteiger partial charge is 0.329 e. The van der Waals surface area contributed by atoms with Gasteiger partial charge in [0, 0.05) is 12.6 Å². The van der Waals surface area contributed by atoms with E-state index >= 15 is 0 Å². The number of aliphatic carboxylic acids is 1. The van der Waals surface area contributed by atoms with E-state index in [4.69, 9.17) is 5.11 Å². The van der Waals surface area contributed by atoms with E-state index in [0.717, 1.165) is 11.0 Å². The number of thiol groups is 1. The number of carboxylic acids is 1. The van der Waals surface area contributed by atoms with Gasteiger partial charge in [-0.2, -0.15) is 12.6 Å². The number of carbonyl (C=O) groups excluding carboxylic acids is 1. The number of rotatable bonds is 2. The molecule has 0 radical (unpaired) electrons. The number of likely N-dealkylation sites (tertiary alicyclic amines) is 1. The fraction of sp³-hybridized carbons (Fsp3) is 0.500. The van der Waals surface area contributed by atoms with Gasteiger partial charge in [0.25, 0.3) is 0 Å². The van der Waals surface area contributed by atoms with Gasteiger partial charge >= 0.3 is 5.97 Å². The van der Waals surface area contributed by atoms with Crippen molar-refractivity contribution in [2.24, 2.45) is 0 Å². The summed E-state index contributed by atoms with van der Waals surface area (Å²) < 4.78 is 0. The zero-order valence-corrected chi connectivity index (χ0v) is 8.22. The molecule has 1 heterocycles. The lowest BCUT2D eigenvalue weighted by Gasteiger charge is -2.20. The molecule has 1 unspecified atom stereocenters. The molecule has 0 aromatic rings. The summed E-state index contributed by atoms with van der Waals surface area (Å²) in [7, 11) is 0. The number of carboxylic acid groups (broad SMARTS) is 1. The highest BCUT2D eigenvalue weighted by Gasteiger charge is 2.40. The first-order valence-electron chi connectivity index (χ1n) is 4.10. The van der Waals surface area contributed by atoms with Crippen LogP contribution in [0.15, 0.2) is 11.5 Å². The maximum Gasteiger partial charge on any atom is 0.329 e. The predicted molar refractivity (Wildman–Crippen MR) is 51.9 cm³/mol. The van der Waals surface area contributed by atoms with E-state index in [2.05, 4.69) is 12.6 Å². The Morgan fingerprint density at radius 2 is 2.14 bits per heavy atom. The van der Waals surface area contributed by atoms with Gasteiger partial charge < -0.3 is 15.1 Å². The van der Waals surface area contributed by atoms with E-state index in [1.54, 1.807) is 0 Å². The quantitative estimate of drug-likeness (QED) is 0.429. The molecule has 1 rings (SSSR count). The number of amides is 1. The lowest BCUT2D eigenvalue weighted by molar-refractivity contribution is -0.149. The van der Waals surface area contributed by atoms with Crippen LogP contribution in [0.1, 0.15) is 6.42 Å². The third kappa shape index (κ3) is 2.08. The topological polar surface area (TPSA) is 77.8 Å². The first-order chi connectivity index (χ1) is 6.57. The molecule has 0 aromatic heterocycles. The van der Waals surface area contributed by atoms with Crippen LogP contribution in [-0.4, -0.2) is 45.7 Å². The van der Waals surface area contributed by atoms with Crippen LogP contribution in [0, 0.1) is 0 Å². The fourth-order valence-corrected chi connectivity index (χ4v) is 1.61. The minimum Gasteiger partial charge on any atom is -0.480 e. The van der Waals surface area contributed by atoms with Crippen LogP contribution in [0.3, 0.4) is 0 Å². The average molecular weight is 217 g/mol. The molecule has 0 saturated carbocycles. The number of carbonyl (C=O) groups is 2. The van der Waals surface area contributed by atoms with E-state index < -0.39 is 24.0 Å². The molecule has 0 aliphatic carbocycles. The predicted octanol–water partition coefficient (Wildman–Crippen LogP) is -0.524. The van der Waals surface area contributed by atoms with Crippen LogP contribution in [-0.2, 0) is 9.59 Å². The summed E-state index contributed by atoms with van der Waals surface area (Å²) in [6, 6.07) is -1.13. The van der Waals surface area contributed by atoms with Crippen molar-refractivity contribution in [3.8, 4) is 0 Å². The maximum absolute atomic E-state index is 11.3. The lowest BCUT2D eigenvalue weighted by atomic mass is 10.2. The van der Waals surface area contributed by atoms with Crippen LogP contribution in [0.4, 0.5) is 0 Å². The van der Waals surface area contributed by atoms with Gasteiger partial charge in [0.2, 0.25) is 5.91 Å². The highest BCUT2D eigenvalue weighted by atomic mass is 32.1. The number of aliphatic hydroxyl groups excluding tert-OH is 1. The van der Waals surface area contributed by atoms with Gasteiger partial charge in [-0.25, -0.2) is 4.79 Å². The number of nitrogens with zero attached hydrogens (tertiary/aromatic N) is 1. The van der Waals surface area contributed by atoms with Crippen LogP contribution in [0.5, 0.6) is 0 Å². The first-order valence-corrected chi connectivity index (χ1v) is 4.61. The molecule has 1 aliphatic heterocycles. The molecular weight excluding hydrogens is 206 g/mol. The molecule has 6 heteroatoms. The summed E-state index contributed by atoms with van der Waals surface area (Å²) in [5.74, 6) is -1.63. The maximum atomic E-state index is 11.3. The molecule has 2 atom stereocenters. The van der Waals surface area contributed by atoms with Crippen LogP contribution in [0.25, 0.3) is 0 Å². The van der Waals surface area contributed by atoms with Crippen molar-refractivity contribution in [2.75, 3.05) is 6.54 Å². The molecule has 1 saturated heterocycles. The van der Waals surface area contributed by atoms with Gasteiger partial charge in [0.1, 0.15) is 0 Å². The van der Waals surface area contributed by atoms with Gasteiger partial charge in [-0.15, -0.1) is 0 Å². The Morgan fingerprint density at radius 1 is 1.50 bits per heavy atom. The monoisotopic (exact) mass is 217 g/mol. The largest absolute Gasteiger partial charge is 0.480 e. The van der Waals surface area contributed by atoms with Crippen molar-refractivity contribution in [2.45, 2.75) is 18.6 Å². The third-order valence-electron chi connectivity index (χ3n) is 2.12. The normalized spacial score (nSPS) is 27.1. The molecule has 5 nitrogen and oxygen atoms in total. The first kappa shape index (κ1) is 11.1. The molecule has 1 aliphatic rings. The molecule has 0 spiro atoms. The van der Waals surface area contributed by atoms with E-state index in [-0.39, 0.29) is 6.54 Å². The zero-order chi connectivity index (χ0) is 10.7. The van der Waals surface area contributed by atoms with E-state index in [1.165, 1.54) is 5.41 Å². The SMILES string of the molecule is O=C(O)[C@@H]1C(O)CCN1C(=O)C=CS. The van der Waals surface area contributed by atoms with Crippen molar-refractivity contribution < 1.29 is 19.8 Å². The van der Waals surface area contributed by atoms with Crippen molar-refractivity contribution in [1.82, 2.24) is 4.90 Å². The Bertz CT molecular complexity index is 279. The Kier molecular flexibility index (Phi) is 3.54. The summed E-state index contributed by atoms with van der Waals surface area (Å²) in [6.07, 6.45) is 0.477. The van der Waals surface area contributed by atoms with Gasteiger partial charge in [-0.1, -0.05) is 0 Å². The summed E-state index contributed by atoms with van der Waals surface area (Å²) in [4.78, 5) is 23.2. The van der Waals surface area contributed by atoms with Gasteiger partial charge in [-0.3, -0.25) is 4.79 Å². The molecule has 0 aromatic carbocycles. The second kappa shape index (κ2) is 4.47. The zero-order valence-electron chi connectivity index (χ0n) is 7.33. The molecule has 78 valence electrons. The van der Waals surface area contributed by atoms with Crippen molar-refractivity contribution >= 4 is 24.5 Å². The van der Waals surface area contributed by atoms with Crippen molar-refractivity contribution in [3.63, 3.8) is 0 Å². The summed E-state index contributed by atoms with van der Waals surface area (Å²) in [6.45, 7) is 0.259. The minimum absolute atomic E-state index is 0.259. The molecular formula is C8H11NO4S. The van der Waals surface area contributed by atoms with E-state index in [1.807, 2.05) is 0 Å². The van der Waals surface area contributed by atoms with Crippen LogP contribution < -0.4 is 0 Å². The molecule has 1 fully saturated rings. The summed E-state index contributed by atoms with van der Waals surface area (Å²) in [5.41, 5.74) is 0.